The molecule has 0 bridgehead atoms. The molecule has 0 spiro atoms. The molecule has 0 amide bonds. The number of nitrogens with zero attached hydrogens (tertiary/aromatic N) is 2. The minimum absolute atomic E-state index is 1.01. The molecule has 1 aliphatic heterocycles. The van der Waals surface area contributed by atoms with Gasteiger partial charge in [-0.25, -0.2) is 0 Å². The van der Waals surface area contributed by atoms with Crippen molar-refractivity contribution in [2.45, 2.75) is 13.1 Å². The van der Waals surface area contributed by atoms with E-state index in [-0.39, 0.29) is 0 Å². The molecule has 5 aromatic rings. The van der Waals surface area contributed by atoms with Gasteiger partial charge in [0.1, 0.15) is 0 Å². The number of hydrogen-bond donors (Lipinski definition) is 0. The highest BCUT2D eigenvalue weighted by molar-refractivity contribution is 6.09. The Kier molecular flexibility index (Phi) is 3.33. The van der Waals surface area contributed by atoms with Crippen molar-refractivity contribution in [3.63, 3.8) is 0 Å². The zero-order valence-corrected chi connectivity index (χ0v) is 15.5. The molecular formula is C26H20N2+2. The van der Waals surface area contributed by atoms with E-state index in [0.29, 0.717) is 0 Å². The molecule has 28 heavy (non-hydrogen) atoms. The van der Waals surface area contributed by atoms with Gasteiger partial charge in [0, 0.05) is 23.3 Å². The van der Waals surface area contributed by atoms with Crippen LogP contribution in [0.2, 0.25) is 0 Å². The Bertz CT molecular complexity index is 1230. The summed E-state index contributed by atoms with van der Waals surface area (Å²) in [6.07, 6.45) is 4.51. The summed E-state index contributed by atoms with van der Waals surface area (Å²) in [7, 11) is 0. The van der Waals surface area contributed by atoms with E-state index in [9.17, 15) is 0 Å². The third-order valence-electron chi connectivity index (χ3n) is 5.90. The lowest BCUT2D eigenvalue weighted by atomic mass is 9.95. The summed E-state index contributed by atoms with van der Waals surface area (Å²) >= 11 is 0. The number of aromatic nitrogens is 2. The second-order valence-corrected chi connectivity index (χ2v) is 7.44. The number of hydrogen-bond acceptors (Lipinski definition) is 0. The van der Waals surface area contributed by atoms with Crippen molar-refractivity contribution >= 4 is 21.8 Å². The van der Waals surface area contributed by atoms with Crippen LogP contribution in [-0.4, -0.2) is 0 Å². The maximum atomic E-state index is 2.42. The van der Waals surface area contributed by atoms with Crippen LogP contribution >= 0.6 is 0 Å². The Hall–Kier alpha value is -3.52. The first kappa shape index (κ1) is 15.5. The third kappa shape index (κ3) is 2.21. The Morgan fingerprint density at radius 1 is 0.464 bits per heavy atom. The molecule has 2 aromatic heterocycles. The van der Waals surface area contributed by atoms with Crippen molar-refractivity contribution in [3.8, 4) is 22.3 Å². The van der Waals surface area contributed by atoms with Gasteiger partial charge >= 0.3 is 0 Å². The normalized spacial score (nSPS) is 12.7. The molecule has 0 aliphatic carbocycles. The van der Waals surface area contributed by atoms with Gasteiger partial charge in [-0.15, -0.1) is 0 Å². The van der Waals surface area contributed by atoms with E-state index in [2.05, 4.69) is 106 Å². The molecule has 0 N–H and O–H groups in total. The van der Waals surface area contributed by atoms with Gasteiger partial charge in [-0.3, -0.25) is 0 Å². The van der Waals surface area contributed by atoms with Crippen LogP contribution in [-0.2, 0) is 13.1 Å². The van der Waals surface area contributed by atoms with Gasteiger partial charge in [-0.1, -0.05) is 60.7 Å². The van der Waals surface area contributed by atoms with Gasteiger partial charge in [0.15, 0.2) is 12.4 Å². The van der Waals surface area contributed by atoms with Crippen LogP contribution in [0.15, 0.2) is 97.3 Å². The van der Waals surface area contributed by atoms with Gasteiger partial charge < -0.3 is 0 Å². The molecule has 0 unspecified atom stereocenters. The van der Waals surface area contributed by atoms with E-state index in [1.807, 2.05) is 0 Å². The van der Waals surface area contributed by atoms with E-state index in [1.165, 1.54) is 44.1 Å². The summed E-state index contributed by atoms with van der Waals surface area (Å²) in [5, 5.41) is 2.64. The van der Waals surface area contributed by atoms with E-state index in [0.717, 1.165) is 13.1 Å². The summed E-state index contributed by atoms with van der Waals surface area (Å²) < 4.78 is 4.83. The van der Waals surface area contributed by atoms with E-state index in [1.54, 1.807) is 0 Å². The monoisotopic (exact) mass is 360 g/mol. The van der Waals surface area contributed by atoms with Crippen LogP contribution in [0.4, 0.5) is 0 Å². The Balaban J connectivity index is 1.74. The molecule has 2 heteroatoms. The minimum Gasteiger partial charge on any atom is -0.186 e. The van der Waals surface area contributed by atoms with Crippen LogP contribution in [0, 0.1) is 0 Å². The first-order valence-electron chi connectivity index (χ1n) is 9.82. The van der Waals surface area contributed by atoms with Crippen LogP contribution in [0.25, 0.3) is 44.1 Å². The molecule has 6 rings (SSSR count). The van der Waals surface area contributed by atoms with Crippen molar-refractivity contribution in [2.75, 3.05) is 0 Å². The lowest BCUT2D eigenvalue weighted by Gasteiger charge is -2.14. The first-order chi connectivity index (χ1) is 13.9. The fraction of sp³-hybridized carbons (Fsp3) is 0.0769. The summed E-state index contributed by atoms with van der Waals surface area (Å²) in [5.74, 6) is 0. The maximum absolute atomic E-state index is 2.42. The fourth-order valence-electron chi connectivity index (χ4n) is 4.58. The topological polar surface area (TPSA) is 7.76 Å². The summed E-state index contributed by atoms with van der Waals surface area (Å²) in [5.41, 5.74) is 7.81. The van der Waals surface area contributed by atoms with Crippen LogP contribution in [0.3, 0.4) is 0 Å². The number of rotatable bonds is 2. The average molecular weight is 360 g/mol. The van der Waals surface area contributed by atoms with Gasteiger partial charge in [0.05, 0.1) is 10.8 Å². The van der Waals surface area contributed by atoms with Crippen molar-refractivity contribution in [2.24, 2.45) is 0 Å². The molecule has 0 radical (unpaired) electrons. The molecule has 3 aromatic carbocycles. The van der Waals surface area contributed by atoms with Crippen LogP contribution < -0.4 is 9.13 Å². The van der Waals surface area contributed by atoms with Crippen LogP contribution in [0.5, 0.6) is 0 Å². The first-order valence-corrected chi connectivity index (χ1v) is 9.82. The predicted molar refractivity (Wildman–Crippen MR) is 113 cm³/mol. The highest BCUT2D eigenvalue weighted by atomic mass is 15.1. The van der Waals surface area contributed by atoms with Crippen molar-refractivity contribution in [1.82, 2.24) is 0 Å². The Labute approximate surface area is 163 Å². The maximum Gasteiger partial charge on any atom is 0.286 e. The Morgan fingerprint density at radius 2 is 0.893 bits per heavy atom. The number of benzene rings is 3. The fourth-order valence-corrected chi connectivity index (χ4v) is 4.58. The predicted octanol–water partition coefficient (Wildman–Crippen LogP) is 4.92. The average Bonchev–Trinajstić information content (AvgIpc) is 2.78. The molecule has 0 saturated carbocycles. The smallest absolute Gasteiger partial charge is 0.186 e. The van der Waals surface area contributed by atoms with Crippen molar-refractivity contribution in [3.05, 3.63) is 97.3 Å². The third-order valence-corrected chi connectivity index (χ3v) is 5.90. The van der Waals surface area contributed by atoms with E-state index < -0.39 is 0 Å². The van der Waals surface area contributed by atoms with Gasteiger partial charge in [-0.05, 0) is 23.3 Å². The number of pyridine rings is 2. The number of aryl methyl sites for hydroxylation is 2. The SMILES string of the molecule is c1ccc(-c2cc[n+]3c4c2ccc2c(-c5ccccc5)cc[n+](c24)CC3)cc1. The summed E-state index contributed by atoms with van der Waals surface area (Å²) in [4.78, 5) is 0. The van der Waals surface area contributed by atoms with E-state index in [4.69, 9.17) is 0 Å². The van der Waals surface area contributed by atoms with Crippen molar-refractivity contribution < 1.29 is 9.13 Å². The highest BCUT2D eigenvalue weighted by Crippen LogP contribution is 2.34. The molecule has 0 atom stereocenters. The zero-order chi connectivity index (χ0) is 18.5. The van der Waals surface area contributed by atoms with E-state index >= 15 is 0 Å². The second kappa shape index (κ2) is 6.00. The van der Waals surface area contributed by atoms with Gasteiger partial charge in [0.25, 0.3) is 11.0 Å². The lowest BCUT2D eigenvalue weighted by molar-refractivity contribution is -0.771. The largest absolute Gasteiger partial charge is 0.286 e. The standard InChI is InChI=1S/C26H20N2/c1-3-7-19(8-4-1)21-13-15-27-17-18-28-16-14-22(20-9-5-2-6-10-20)24-12-11-23(21)25(27)26(24)28/h1-16H,17-18H2/q+2. The minimum atomic E-state index is 1.01. The van der Waals surface area contributed by atoms with Crippen LogP contribution in [0.1, 0.15) is 0 Å². The lowest BCUT2D eigenvalue weighted by Crippen LogP contribution is -2.50. The molecule has 132 valence electrons. The quantitative estimate of drug-likeness (QED) is 0.312. The van der Waals surface area contributed by atoms with Crippen molar-refractivity contribution in [1.29, 1.82) is 0 Å². The summed E-state index contributed by atoms with van der Waals surface area (Å²) in [6.45, 7) is 2.01. The zero-order valence-electron chi connectivity index (χ0n) is 15.5. The summed E-state index contributed by atoms with van der Waals surface area (Å²) in [6, 6.07) is 30.5. The second-order valence-electron chi connectivity index (χ2n) is 7.44. The molecular weight excluding hydrogens is 340 g/mol. The Morgan fingerprint density at radius 3 is 1.32 bits per heavy atom. The molecule has 0 fully saturated rings. The molecule has 0 saturated heterocycles. The molecule has 2 nitrogen and oxygen atoms in total. The highest BCUT2D eigenvalue weighted by Gasteiger charge is 2.30. The van der Waals surface area contributed by atoms with Gasteiger partial charge in [-0.2, -0.15) is 9.13 Å². The van der Waals surface area contributed by atoms with Gasteiger partial charge in [0.2, 0.25) is 13.1 Å². The molecule has 3 heterocycles. The molecule has 1 aliphatic rings.